The average Bonchev–Trinajstić information content (AvgIpc) is 2.96. The molecule has 2 heteroatoms. The molecule has 2 aliphatic carbocycles. The van der Waals surface area contributed by atoms with Crippen molar-refractivity contribution >= 4 is 22.7 Å². The van der Waals surface area contributed by atoms with Crippen LogP contribution < -0.4 is 0 Å². The highest BCUT2D eigenvalue weighted by Gasteiger charge is 2.24. The van der Waals surface area contributed by atoms with Gasteiger partial charge in [0.15, 0.2) is 0 Å². The fourth-order valence-corrected chi connectivity index (χ4v) is 6.47. The number of para-hydroxylation sites is 1. The smallest absolute Gasteiger partial charge is 0.0820 e. The minimum absolute atomic E-state index is 0.643. The molecule has 6 rings (SSSR count). The first kappa shape index (κ1) is 23.2. The monoisotopic (exact) mass is 472 g/mol. The third kappa shape index (κ3) is 4.87. The molecule has 0 bridgehead atoms. The molecule has 0 saturated heterocycles. The number of pyridine rings is 1. The molecule has 2 saturated carbocycles. The first-order valence-corrected chi connectivity index (χ1v) is 14.0. The SMILES string of the molecule is C(=Nc1c(C2CCCCC2)cccc1C1CCCCC1)c1cccc(-c2cccc3ccccc23)n1. The maximum absolute atomic E-state index is 5.24. The maximum Gasteiger partial charge on any atom is 0.0820 e. The zero-order valence-corrected chi connectivity index (χ0v) is 21.2. The van der Waals surface area contributed by atoms with E-state index in [1.54, 1.807) is 0 Å². The Labute approximate surface area is 215 Å². The number of benzene rings is 3. The van der Waals surface area contributed by atoms with Crippen LogP contribution in [0.25, 0.3) is 22.0 Å². The molecule has 0 amide bonds. The average molecular weight is 473 g/mol. The van der Waals surface area contributed by atoms with E-state index >= 15 is 0 Å². The Morgan fingerprint density at radius 3 is 1.94 bits per heavy atom. The van der Waals surface area contributed by atoms with Crippen LogP contribution in [0, 0.1) is 0 Å². The standard InChI is InChI=1S/C34H36N2/c1-3-12-26(13-4-1)30-20-11-21-31(27-14-5-2-6-15-27)34(30)35-24-28-18-10-23-33(36-28)32-22-9-17-25-16-7-8-19-29(25)32/h7-11,16-24,26-27H,1-6,12-15H2. The van der Waals surface area contributed by atoms with Crippen LogP contribution in [0.5, 0.6) is 0 Å². The van der Waals surface area contributed by atoms with E-state index < -0.39 is 0 Å². The van der Waals surface area contributed by atoms with Crippen molar-refractivity contribution in [3.05, 3.63) is 95.7 Å². The summed E-state index contributed by atoms with van der Waals surface area (Å²) in [5.74, 6) is 1.29. The zero-order valence-electron chi connectivity index (χ0n) is 21.2. The van der Waals surface area contributed by atoms with Crippen molar-refractivity contribution in [3.63, 3.8) is 0 Å². The van der Waals surface area contributed by atoms with Gasteiger partial charge in [-0.05, 0) is 71.6 Å². The number of aromatic nitrogens is 1. The molecule has 2 aliphatic rings. The molecular weight excluding hydrogens is 436 g/mol. The van der Waals surface area contributed by atoms with Gasteiger partial charge in [0.25, 0.3) is 0 Å². The van der Waals surface area contributed by atoms with Crippen molar-refractivity contribution in [3.8, 4) is 11.3 Å². The second kappa shape index (κ2) is 10.8. The highest BCUT2D eigenvalue weighted by molar-refractivity contribution is 5.96. The lowest BCUT2D eigenvalue weighted by molar-refractivity contribution is 0.436. The number of aliphatic imine (C=N–C) groups is 1. The van der Waals surface area contributed by atoms with Crippen LogP contribution >= 0.6 is 0 Å². The largest absolute Gasteiger partial charge is 0.254 e. The normalized spacial score (nSPS) is 17.7. The molecule has 0 N–H and O–H groups in total. The predicted molar refractivity (Wildman–Crippen MR) is 153 cm³/mol. The summed E-state index contributed by atoms with van der Waals surface area (Å²) in [5, 5.41) is 2.48. The minimum atomic E-state index is 0.643. The van der Waals surface area contributed by atoms with Crippen molar-refractivity contribution in [1.29, 1.82) is 0 Å². The van der Waals surface area contributed by atoms with E-state index in [4.69, 9.17) is 9.98 Å². The van der Waals surface area contributed by atoms with Crippen molar-refractivity contribution < 1.29 is 0 Å². The fourth-order valence-electron chi connectivity index (χ4n) is 6.47. The summed E-state index contributed by atoms with van der Waals surface area (Å²) in [6.07, 6.45) is 15.3. The Bertz CT molecular complexity index is 1320. The zero-order chi connectivity index (χ0) is 24.2. The van der Waals surface area contributed by atoms with Crippen LogP contribution in [0.15, 0.2) is 83.9 Å². The summed E-state index contributed by atoms with van der Waals surface area (Å²) in [7, 11) is 0. The van der Waals surface area contributed by atoms with E-state index in [0.29, 0.717) is 11.8 Å². The van der Waals surface area contributed by atoms with Gasteiger partial charge in [0, 0.05) is 5.56 Å². The van der Waals surface area contributed by atoms with E-state index in [2.05, 4.69) is 78.9 Å². The van der Waals surface area contributed by atoms with Crippen LogP contribution in [0.1, 0.15) is 92.9 Å². The van der Waals surface area contributed by atoms with Gasteiger partial charge in [0.05, 0.1) is 23.3 Å². The molecule has 1 aromatic heterocycles. The molecule has 0 spiro atoms. The van der Waals surface area contributed by atoms with Crippen LogP contribution in [-0.2, 0) is 0 Å². The summed E-state index contributed by atoms with van der Waals surface area (Å²) in [6, 6.07) is 28.3. The Hall–Kier alpha value is -3.26. The van der Waals surface area contributed by atoms with Crippen molar-refractivity contribution in [2.75, 3.05) is 0 Å². The Morgan fingerprint density at radius 1 is 0.611 bits per heavy atom. The highest BCUT2D eigenvalue weighted by Crippen LogP contribution is 2.44. The molecule has 0 atom stereocenters. The molecule has 0 radical (unpaired) electrons. The first-order valence-electron chi connectivity index (χ1n) is 14.0. The number of rotatable bonds is 5. The van der Waals surface area contributed by atoms with Gasteiger partial charge >= 0.3 is 0 Å². The number of hydrogen-bond acceptors (Lipinski definition) is 2. The Morgan fingerprint density at radius 2 is 1.22 bits per heavy atom. The van der Waals surface area contributed by atoms with E-state index in [9.17, 15) is 0 Å². The van der Waals surface area contributed by atoms with Gasteiger partial charge in [-0.1, -0.05) is 105 Å². The first-order chi connectivity index (χ1) is 17.9. The Balaban J connectivity index is 1.38. The van der Waals surface area contributed by atoms with Crippen molar-refractivity contribution in [1.82, 2.24) is 4.98 Å². The summed E-state index contributed by atoms with van der Waals surface area (Å²) >= 11 is 0. The van der Waals surface area contributed by atoms with E-state index in [-0.39, 0.29) is 0 Å². The van der Waals surface area contributed by atoms with E-state index in [1.165, 1.54) is 97.4 Å². The lowest BCUT2D eigenvalue weighted by Crippen LogP contribution is -2.09. The van der Waals surface area contributed by atoms with Crippen LogP contribution in [0.4, 0.5) is 5.69 Å². The van der Waals surface area contributed by atoms with Gasteiger partial charge in [0.2, 0.25) is 0 Å². The molecule has 2 fully saturated rings. The third-order valence-corrected chi connectivity index (χ3v) is 8.35. The van der Waals surface area contributed by atoms with Gasteiger partial charge in [-0.2, -0.15) is 0 Å². The second-order valence-corrected chi connectivity index (χ2v) is 10.7. The van der Waals surface area contributed by atoms with Gasteiger partial charge in [0.1, 0.15) is 0 Å². The molecule has 36 heavy (non-hydrogen) atoms. The lowest BCUT2D eigenvalue weighted by Gasteiger charge is -2.28. The number of fused-ring (bicyclic) bond motifs is 1. The van der Waals surface area contributed by atoms with Gasteiger partial charge in [-0.15, -0.1) is 0 Å². The number of hydrogen-bond donors (Lipinski definition) is 0. The molecule has 0 aliphatic heterocycles. The summed E-state index contributed by atoms with van der Waals surface area (Å²) in [5.41, 5.74) is 7.29. The predicted octanol–water partition coefficient (Wildman–Crippen LogP) is 9.75. The van der Waals surface area contributed by atoms with Gasteiger partial charge < -0.3 is 0 Å². The molecular formula is C34H36N2. The molecule has 4 aromatic rings. The van der Waals surface area contributed by atoms with E-state index in [1.807, 2.05) is 6.21 Å². The second-order valence-electron chi connectivity index (χ2n) is 10.7. The number of nitrogens with zero attached hydrogens (tertiary/aromatic N) is 2. The van der Waals surface area contributed by atoms with E-state index in [0.717, 1.165) is 11.4 Å². The molecule has 3 aromatic carbocycles. The van der Waals surface area contributed by atoms with Crippen molar-refractivity contribution in [2.45, 2.75) is 76.0 Å². The Kier molecular flexibility index (Phi) is 6.94. The topological polar surface area (TPSA) is 25.2 Å². The highest BCUT2D eigenvalue weighted by atomic mass is 14.8. The molecule has 2 nitrogen and oxygen atoms in total. The fraction of sp³-hybridized carbons (Fsp3) is 0.353. The molecule has 182 valence electrons. The summed E-state index contributed by atoms with van der Waals surface area (Å²) in [6.45, 7) is 0. The third-order valence-electron chi connectivity index (χ3n) is 8.35. The minimum Gasteiger partial charge on any atom is -0.254 e. The quantitative estimate of drug-likeness (QED) is 0.265. The van der Waals surface area contributed by atoms with Gasteiger partial charge in [-0.3, -0.25) is 4.99 Å². The van der Waals surface area contributed by atoms with Crippen LogP contribution in [0.3, 0.4) is 0 Å². The molecule has 0 unspecified atom stereocenters. The summed E-state index contributed by atoms with van der Waals surface area (Å²) < 4.78 is 0. The maximum atomic E-state index is 5.24. The summed E-state index contributed by atoms with van der Waals surface area (Å²) in [4.78, 5) is 10.3. The molecule has 1 heterocycles. The lowest BCUT2D eigenvalue weighted by atomic mass is 9.78. The van der Waals surface area contributed by atoms with Crippen LogP contribution in [-0.4, -0.2) is 11.2 Å². The van der Waals surface area contributed by atoms with Crippen molar-refractivity contribution in [2.24, 2.45) is 4.99 Å². The van der Waals surface area contributed by atoms with Crippen LogP contribution in [0.2, 0.25) is 0 Å². The van der Waals surface area contributed by atoms with Gasteiger partial charge in [-0.25, -0.2) is 4.98 Å².